The molecule has 3 rings (SSSR count). The third kappa shape index (κ3) is 5.12. The number of thiazole rings is 1. The quantitative estimate of drug-likeness (QED) is 0.570. The van der Waals surface area contributed by atoms with Gasteiger partial charge in [0.15, 0.2) is 0 Å². The third-order valence-electron chi connectivity index (χ3n) is 3.74. The summed E-state index contributed by atoms with van der Waals surface area (Å²) in [6.45, 7) is -1.09. The molecular weight excluding hydrogens is 365 g/mol. The van der Waals surface area contributed by atoms with E-state index in [1.165, 1.54) is 11.3 Å². The van der Waals surface area contributed by atoms with E-state index in [4.69, 9.17) is 9.84 Å². The molecule has 0 aliphatic heterocycles. The summed E-state index contributed by atoms with van der Waals surface area (Å²) in [5, 5.41) is 12.9. The summed E-state index contributed by atoms with van der Waals surface area (Å²) in [5.41, 5.74) is 1.86. The van der Waals surface area contributed by atoms with Gasteiger partial charge >= 0.3 is 0 Å². The molecule has 1 atom stereocenters. The average molecular weight is 385 g/mol. The van der Waals surface area contributed by atoms with E-state index in [1.807, 2.05) is 55.6 Å². The van der Waals surface area contributed by atoms with E-state index < -0.39 is 12.8 Å². The molecule has 0 saturated carbocycles. The number of aromatic nitrogens is 2. The van der Waals surface area contributed by atoms with Crippen LogP contribution in [0.3, 0.4) is 0 Å². The lowest BCUT2D eigenvalue weighted by molar-refractivity contribution is 0.0933. The highest BCUT2D eigenvalue weighted by Crippen LogP contribution is 2.27. The minimum Gasteiger partial charge on any atom is -0.485 e. The van der Waals surface area contributed by atoms with Crippen LogP contribution in [-0.2, 0) is 0 Å². The van der Waals surface area contributed by atoms with E-state index in [9.17, 15) is 4.39 Å². The summed E-state index contributed by atoms with van der Waals surface area (Å²) in [6.07, 6.45) is 8.71. The largest absolute Gasteiger partial charge is 0.485 e. The Kier molecular flexibility index (Phi) is 6.51. The van der Waals surface area contributed by atoms with Crippen molar-refractivity contribution in [3.63, 3.8) is 0 Å². The number of fused-ring (bicyclic) bond motifs is 1. The van der Waals surface area contributed by atoms with Crippen LogP contribution < -0.4 is 10.1 Å². The van der Waals surface area contributed by atoms with E-state index in [1.54, 1.807) is 12.3 Å². The Balaban J connectivity index is 1.67. The first-order valence-corrected chi connectivity index (χ1v) is 9.26. The van der Waals surface area contributed by atoms with Crippen LogP contribution in [-0.4, -0.2) is 41.5 Å². The molecule has 0 fully saturated rings. The number of aliphatic hydroxyl groups excluding tert-OH is 1. The Hall–Kier alpha value is -2.77. The molecule has 27 heavy (non-hydrogen) atoms. The van der Waals surface area contributed by atoms with Crippen LogP contribution in [0.25, 0.3) is 22.4 Å². The lowest BCUT2D eigenvalue weighted by atomic mass is 10.2. The third-order valence-corrected chi connectivity index (χ3v) is 4.72. The molecule has 5 nitrogen and oxygen atoms in total. The number of nitrogens with one attached hydrogen (secondary N) is 1. The van der Waals surface area contributed by atoms with Crippen molar-refractivity contribution in [2.75, 3.05) is 25.6 Å². The Morgan fingerprint density at radius 2 is 2.11 bits per heavy atom. The summed E-state index contributed by atoms with van der Waals surface area (Å²) in [7, 11) is 1.83. The molecular formula is C20H20FN3O2S. The number of pyridine rings is 1. The topological polar surface area (TPSA) is 67.3 Å². The number of aliphatic hydroxyl groups is 1. The van der Waals surface area contributed by atoms with Gasteiger partial charge in [-0.05, 0) is 42.0 Å². The Bertz CT molecular complexity index is 934. The van der Waals surface area contributed by atoms with Crippen LogP contribution in [0, 0.1) is 0 Å². The van der Waals surface area contributed by atoms with Crippen LogP contribution >= 0.6 is 11.3 Å². The molecule has 1 unspecified atom stereocenters. The van der Waals surface area contributed by atoms with Crippen molar-refractivity contribution in [1.82, 2.24) is 9.97 Å². The van der Waals surface area contributed by atoms with E-state index in [0.29, 0.717) is 5.75 Å². The van der Waals surface area contributed by atoms with Gasteiger partial charge in [0.1, 0.15) is 29.4 Å². The predicted octanol–water partition coefficient (Wildman–Crippen LogP) is 4.17. The number of alkyl halides is 1. The number of anilines is 1. The molecule has 0 saturated heterocycles. The van der Waals surface area contributed by atoms with Crippen LogP contribution in [0.4, 0.5) is 10.2 Å². The number of benzene rings is 1. The van der Waals surface area contributed by atoms with Crippen LogP contribution in [0.1, 0.15) is 10.6 Å². The molecule has 3 aromatic rings. The second-order valence-corrected chi connectivity index (χ2v) is 6.77. The molecule has 7 heteroatoms. The molecule has 0 radical (unpaired) electrons. The van der Waals surface area contributed by atoms with Gasteiger partial charge in [-0.2, -0.15) is 0 Å². The first-order valence-electron chi connectivity index (χ1n) is 8.44. The highest BCUT2D eigenvalue weighted by Gasteiger charge is 2.10. The minimum absolute atomic E-state index is 0.356. The van der Waals surface area contributed by atoms with Crippen molar-refractivity contribution < 1.29 is 14.2 Å². The number of halogens is 1. The second kappa shape index (κ2) is 9.25. The zero-order valence-corrected chi connectivity index (χ0v) is 15.6. The van der Waals surface area contributed by atoms with Gasteiger partial charge in [-0.25, -0.2) is 14.4 Å². The Labute approximate surface area is 160 Å². The maximum atomic E-state index is 12.7. The van der Waals surface area contributed by atoms with Gasteiger partial charge in [0.25, 0.3) is 0 Å². The van der Waals surface area contributed by atoms with Crippen molar-refractivity contribution >= 4 is 39.5 Å². The summed E-state index contributed by atoms with van der Waals surface area (Å²) in [6, 6.07) is 9.28. The number of hydrogen-bond acceptors (Lipinski definition) is 6. The fraction of sp³-hybridized carbons (Fsp3) is 0.200. The lowest BCUT2D eigenvalue weighted by Crippen LogP contribution is -2.23. The van der Waals surface area contributed by atoms with Crippen LogP contribution in [0.5, 0.6) is 5.75 Å². The summed E-state index contributed by atoms with van der Waals surface area (Å²) >= 11 is 1.52. The van der Waals surface area contributed by atoms with Gasteiger partial charge in [0.2, 0.25) is 0 Å². The van der Waals surface area contributed by atoms with E-state index >= 15 is 0 Å². The Morgan fingerprint density at radius 3 is 2.81 bits per heavy atom. The number of ether oxygens (including phenoxy) is 1. The van der Waals surface area contributed by atoms with Gasteiger partial charge in [-0.1, -0.05) is 18.2 Å². The zero-order chi connectivity index (χ0) is 19.1. The molecule has 0 aliphatic carbocycles. The number of allylic oxidation sites excluding steroid dienone is 2. The molecule has 0 aliphatic rings. The molecule has 2 aromatic heterocycles. The highest BCUT2D eigenvalue weighted by atomic mass is 32.1. The predicted molar refractivity (Wildman–Crippen MR) is 109 cm³/mol. The monoisotopic (exact) mass is 385 g/mol. The average Bonchev–Trinajstić information content (AvgIpc) is 3.12. The molecule has 0 spiro atoms. The smallest absolute Gasteiger partial charge is 0.150 e. The van der Waals surface area contributed by atoms with E-state index in [-0.39, 0.29) is 6.61 Å². The first kappa shape index (κ1) is 19.0. The van der Waals surface area contributed by atoms with E-state index in [0.717, 1.165) is 26.6 Å². The SMILES string of the molecule is CNc1ccc(C=CC=Cc2nc3ccc(OC(CO)CF)cc3s2)cn1. The number of nitrogens with zero attached hydrogens (tertiary/aromatic N) is 2. The molecule has 2 heterocycles. The summed E-state index contributed by atoms with van der Waals surface area (Å²) in [5.74, 6) is 1.35. The molecule has 2 N–H and O–H groups in total. The van der Waals surface area contributed by atoms with E-state index in [2.05, 4.69) is 15.3 Å². The maximum Gasteiger partial charge on any atom is 0.150 e. The van der Waals surface area contributed by atoms with Crippen LogP contribution in [0.15, 0.2) is 48.7 Å². The highest BCUT2D eigenvalue weighted by molar-refractivity contribution is 7.19. The van der Waals surface area contributed by atoms with Crippen molar-refractivity contribution in [2.45, 2.75) is 6.10 Å². The molecule has 0 bridgehead atoms. The normalized spacial score (nSPS) is 12.9. The standard InChI is InChI=1S/C20H20FN3O2S/c1-22-19-9-6-14(12-23-19)4-2-3-5-20-24-17-8-7-15(10-18(17)27-20)26-16(11-21)13-25/h2-10,12,16,25H,11,13H2,1H3,(H,22,23). The maximum absolute atomic E-state index is 12.7. The Morgan fingerprint density at radius 1 is 1.26 bits per heavy atom. The van der Waals surface area contributed by atoms with Crippen molar-refractivity contribution in [3.8, 4) is 5.75 Å². The molecule has 0 amide bonds. The number of rotatable bonds is 8. The fourth-order valence-electron chi connectivity index (χ4n) is 2.33. The van der Waals surface area contributed by atoms with Crippen molar-refractivity contribution in [1.29, 1.82) is 0 Å². The van der Waals surface area contributed by atoms with Gasteiger partial charge < -0.3 is 15.2 Å². The molecule has 140 valence electrons. The molecule has 1 aromatic carbocycles. The van der Waals surface area contributed by atoms with Gasteiger partial charge in [0, 0.05) is 13.2 Å². The van der Waals surface area contributed by atoms with Crippen LogP contribution in [0.2, 0.25) is 0 Å². The van der Waals surface area contributed by atoms with Gasteiger partial charge in [-0.15, -0.1) is 11.3 Å². The van der Waals surface area contributed by atoms with Crippen molar-refractivity contribution in [2.24, 2.45) is 0 Å². The van der Waals surface area contributed by atoms with Crippen molar-refractivity contribution in [3.05, 3.63) is 59.3 Å². The summed E-state index contributed by atoms with van der Waals surface area (Å²) in [4.78, 5) is 8.79. The summed E-state index contributed by atoms with van der Waals surface area (Å²) < 4.78 is 19.0. The zero-order valence-electron chi connectivity index (χ0n) is 14.8. The lowest BCUT2D eigenvalue weighted by Gasteiger charge is -2.12. The minimum atomic E-state index is -0.837. The second-order valence-electron chi connectivity index (χ2n) is 5.70. The fourth-order valence-corrected chi connectivity index (χ4v) is 3.24. The first-order chi connectivity index (χ1) is 13.2. The van der Waals surface area contributed by atoms with Gasteiger partial charge in [-0.3, -0.25) is 0 Å². The van der Waals surface area contributed by atoms with Gasteiger partial charge in [0.05, 0.1) is 16.8 Å². The number of hydrogen-bond donors (Lipinski definition) is 2.